The largest absolute Gasteiger partial charge is 0.375 e. The lowest BCUT2D eigenvalue weighted by Gasteiger charge is -2.29. The van der Waals surface area contributed by atoms with E-state index in [1.807, 2.05) is 37.3 Å². The lowest BCUT2D eigenvalue weighted by atomic mass is 10.1. The fourth-order valence-electron chi connectivity index (χ4n) is 2.63. The first-order valence-electron chi connectivity index (χ1n) is 7.21. The topological polar surface area (TPSA) is 63.2 Å². The van der Waals surface area contributed by atoms with Gasteiger partial charge in [-0.3, -0.25) is 9.78 Å². The molecule has 0 aliphatic carbocycles. The summed E-state index contributed by atoms with van der Waals surface area (Å²) in [6.07, 6.45) is 1.66. The van der Waals surface area contributed by atoms with Crippen LogP contribution in [-0.2, 0) is 16.1 Å². The van der Waals surface area contributed by atoms with Gasteiger partial charge in [0.2, 0.25) is 5.91 Å². The molecule has 7 heteroatoms. The van der Waals surface area contributed by atoms with Gasteiger partial charge >= 0.3 is 0 Å². The fraction of sp³-hybridized carbons (Fsp3) is 0.375. The number of carbonyl (C=O) groups excluding carboxylic acids is 1. The zero-order valence-electron chi connectivity index (χ0n) is 12.8. The van der Waals surface area contributed by atoms with Crippen molar-refractivity contribution in [2.75, 3.05) is 13.2 Å². The molecular formula is C16H21Cl2N3O2. The Bertz CT molecular complexity index is 649. The quantitative estimate of drug-likeness (QED) is 0.882. The van der Waals surface area contributed by atoms with E-state index in [0.29, 0.717) is 19.7 Å². The van der Waals surface area contributed by atoms with Crippen molar-refractivity contribution in [3.8, 4) is 0 Å². The lowest BCUT2D eigenvalue weighted by molar-refractivity contribution is -0.129. The summed E-state index contributed by atoms with van der Waals surface area (Å²) in [5.74, 6) is -0.0323. The van der Waals surface area contributed by atoms with E-state index in [2.05, 4.69) is 15.6 Å². The zero-order chi connectivity index (χ0) is 14.7. The second-order valence-electron chi connectivity index (χ2n) is 5.22. The van der Waals surface area contributed by atoms with Crippen LogP contribution in [0.3, 0.4) is 0 Å². The third-order valence-corrected chi connectivity index (χ3v) is 3.77. The monoisotopic (exact) mass is 357 g/mol. The van der Waals surface area contributed by atoms with Crippen molar-refractivity contribution in [2.24, 2.45) is 0 Å². The molecule has 2 aromatic rings. The van der Waals surface area contributed by atoms with E-state index in [-0.39, 0.29) is 42.9 Å². The first kappa shape index (κ1) is 19.6. The van der Waals surface area contributed by atoms with E-state index in [0.717, 1.165) is 16.5 Å². The third kappa shape index (κ3) is 4.54. The number of hydrogen-bond donors (Lipinski definition) is 2. The number of benzene rings is 1. The van der Waals surface area contributed by atoms with Gasteiger partial charge in [0.15, 0.2) is 0 Å². The van der Waals surface area contributed by atoms with Gasteiger partial charge in [0, 0.05) is 24.7 Å². The van der Waals surface area contributed by atoms with E-state index in [1.165, 1.54) is 0 Å². The van der Waals surface area contributed by atoms with Crippen LogP contribution in [0.4, 0.5) is 0 Å². The summed E-state index contributed by atoms with van der Waals surface area (Å²) in [7, 11) is 0. The predicted molar refractivity (Wildman–Crippen MR) is 95.3 cm³/mol. The maximum atomic E-state index is 12.2. The molecule has 2 atom stereocenters. The summed E-state index contributed by atoms with van der Waals surface area (Å²) in [5.41, 5.74) is 1.95. The third-order valence-electron chi connectivity index (χ3n) is 3.77. The van der Waals surface area contributed by atoms with Gasteiger partial charge in [-0.2, -0.15) is 0 Å². The average molecular weight is 358 g/mol. The molecule has 0 bridgehead atoms. The van der Waals surface area contributed by atoms with E-state index in [4.69, 9.17) is 4.74 Å². The van der Waals surface area contributed by atoms with Crippen LogP contribution in [0, 0.1) is 0 Å². The number of pyridine rings is 1. The minimum absolute atomic E-state index is 0. The Hall–Kier alpha value is -1.40. The van der Waals surface area contributed by atoms with Gasteiger partial charge in [0.1, 0.15) is 6.04 Å². The van der Waals surface area contributed by atoms with Crippen LogP contribution in [0.2, 0.25) is 0 Å². The highest BCUT2D eigenvalue weighted by Crippen LogP contribution is 2.15. The number of carbonyl (C=O) groups is 1. The SMILES string of the molecule is C[C@H]1OCCN[C@@H]1C(=O)NCc1cccc2cccnc12.Cl.Cl. The summed E-state index contributed by atoms with van der Waals surface area (Å²) in [6.45, 7) is 3.74. The number of amides is 1. The molecule has 1 aliphatic heterocycles. The van der Waals surface area contributed by atoms with Gasteiger partial charge in [0.25, 0.3) is 0 Å². The number of nitrogens with one attached hydrogen (secondary N) is 2. The first-order chi connectivity index (χ1) is 10.3. The van der Waals surface area contributed by atoms with Gasteiger partial charge in [0.05, 0.1) is 18.2 Å². The highest BCUT2D eigenvalue weighted by molar-refractivity contribution is 5.86. The molecule has 1 amide bonds. The van der Waals surface area contributed by atoms with Crippen molar-refractivity contribution in [1.82, 2.24) is 15.6 Å². The molecule has 0 saturated carbocycles. The van der Waals surface area contributed by atoms with Crippen LogP contribution in [0.25, 0.3) is 10.9 Å². The Balaban J connectivity index is 0.00000132. The highest BCUT2D eigenvalue weighted by atomic mass is 35.5. The van der Waals surface area contributed by atoms with Crippen molar-refractivity contribution in [2.45, 2.75) is 25.6 Å². The highest BCUT2D eigenvalue weighted by Gasteiger charge is 2.27. The number of para-hydroxylation sites is 1. The van der Waals surface area contributed by atoms with Gasteiger partial charge < -0.3 is 15.4 Å². The Morgan fingerprint density at radius 2 is 2.13 bits per heavy atom. The summed E-state index contributed by atoms with van der Waals surface area (Å²) in [6, 6.07) is 9.63. The van der Waals surface area contributed by atoms with E-state index >= 15 is 0 Å². The van der Waals surface area contributed by atoms with Crippen LogP contribution in [0.1, 0.15) is 12.5 Å². The number of halogens is 2. The van der Waals surface area contributed by atoms with Gasteiger partial charge in [-0.15, -0.1) is 24.8 Å². The summed E-state index contributed by atoms with van der Waals surface area (Å²) >= 11 is 0. The maximum Gasteiger partial charge on any atom is 0.240 e. The molecule has 2 heterocycles. The van der Waals surface area contributed by atoms with Crippen molar-refractivity contribution in [3.05, 3.63) is 42.1 Å². The fourth-order valence-corrected chi connectivity index (χ4v) is 2.63. The molecule has 5 nitrogen and oxygen atoms in total. The second-order valence-corrected chi connectivity index (χ2v) is 5.22. The second kappa shape index (κ2) is 9.03. The minimum Gasteiger partial charge on any atom is -0.375 e. The molecule has 2 N–H and O–H groups in total. The number of morpholine rings is 1. The number of rotatable bonds is 3. The van der Waals surface area contributed by atoms with Crippen LogP contribution in [0.15, 0.2) is 36.5 Å². The summed E-state index contributed by atoms with van der Waals surface area (Å²) in [4.78, 5) is 16.6. The van der Waals surface area contributed by atoms with Crippen molar-refractivity contribution < 1.29 is 9.53 Å². The molecule has 126 valence electrons. The summed E-state index contributed by atoms with van der Waals surface area (Å²) in [5, 5.41) is 7.24. The Kier molecular flexibility index (Phi) is 7.72. The molecule has 0 unspecified atom stereocenters. The zero-order valence-corrected chi connectivity index (χ0v) is 14.5. The Morgan fingerprint density at radius 1 is 1.35 bits per heavy atom. The van der Waals surface area contributed by atoms with Crippen LogP contribution >= 0.6 is 24.8 Å². The number of aromatic nitrogens is 1. The van der Waals surface area contributed by atoms with Crippen LogP contribution < -0.4 is 10.6 Å². The molecule has 0 radical (unpaired) electrons. The standard InChI is InChI=1S/C16H19N3O2.2ClH/c1-11-14(18-8-9-21-11)16(20)19-10-13-5-2-4-12-6-3-7-17-15(12)13;;/h2-7,11,14,18H,8-10H2,1H3,(H,19,20);2*1H/t11-,14+;;/m1../s1. The number of fused-ring (bicyclic) bond motifs is 1. The minimum atomic E-state index is -0.290. The van der Waals surface area contributed by atoms with Gasteiger partial charge in [-0.25, -0.2) is 0 Å². The van der Waals surface area contributed by atoms with Gasteiger partial charge in [-0.1, -0.05) is 24.3 Å². The van der Waals surface area contributed by atoms with E-state index in [9.17, 15) is 4.79 Å². The molecule has 23 heavy (non-hydrogen) atoms. The first-order valence-corrected chi connectivity index (χ1v) is 7.21. The Labute approximate surface area is 148 Å². The normalized spacial score (nSPS) is 20.2. The van der Waals surface area contributed by atoms with Crippen LogP contribution in [0.5, 0.6) is 0 Å². The van der Waals surface area contributed by atoms with E-state index in [1.54, 1.807) is 6.20 Å². The molecule has 3 rings (SSSR count). The smallest absolute Gasteiger partial charge is 0.240 e. The molecular weight excluding hydrogens is 337 g/mol. The number of nitrogens with zero attached hydrogens (tertiary/aromatic N) is 1. The molecule has 1 aliphatic rings. The van der Waals surface area contributed by atoms with Crippen molar-refractivity contribution in [1.29, 1.82) is 0 Å². The molecule has 1 aromatic carbocycles. The predicted octanol–water partition coefficient (Wildman–Crippen LogP) is 2.07. The lowest BCUT2D eigenvalue weighted by Crippen LogP contribution is -2.55. The molecule has 1 saturated heterocycles. The Morgan fingerprint density at radius 3 is 2.91 bits per heavy atom. The number of ether oxygens (including phenoxy) is 1. The summed E-state index contributed by atoms with van der Waals surface area (Å²) < 4.78 is 5.50. The molecule has 1 fully saturated rings. The molecule has 0 spiro atoms. The van der Waals surface area contributed by atoms with Crippen molar-refractivity contribution >= 4 is 41.6 Å². The van der Waals surface area contributed by atoms with E-state index < -0.39 is 0 Å². The van der Waals surface area contributed by atoms with Gasteiger partial charge in [-0.05, 0) is 18.6 Å². The van der Waals surface area contributed by atoms with Crippen molar-refractivity contribution in [3.63, 3.8) is 0 Å². The number of hydrogen-bond acceptors (Lipinski definition) is 4. The van der Waals surface area contributed by atoms with Crippen LogP contribution in [-0.4, -0.2) is 36.2 Å². The molecule has 1 aromatic heterocycles. The maximum absolute atomic E-state index is 12.2. The average Bonchev–Trinajstić information content (AvgIpc) is 2.53.